The predicted molar refractivity (Wildman–Crippen MR) is 54.3 cm³/mol. The van der Waals surface area contributed by atoms with Crippen LogP contribution in [0.15, 0.2) is 10.9 Å². The van der Waals surface area contributed by atoms with E-state index in [1.54, 1.807) is 11.3 Å². The average molecular weight is 214 g/mol. The van der Waals surface area contributed by atoms with E-state index in [4.69, 9.17) is 4.74 Å². The molecule has 1 aliphatic rings. The van der Waals surface area contributed by atoms with Crippen LogP contribution in [0, 0.1) is 0 Å². The second-order valence-electron chi connectivity index (χ2n) is 3.51. The molecule has 0 radical (unpaired) electrons. The molecule has 2 heterocycles. The third kappa shape index (κ3) is 2.12. The van der Waals surface area contributed by atoms with E-state index in [2.05, 4.69) is 10.3 Å². The minimum absolute atomic E-state index is 0.0340. The van der Waals surface area contributed by atoms with Gasteiger partial charge in [0.15, 0.2) is 0 Å². The fourth-order valence-corrected chi connectivity index (χ4v) is 2.19. The Morgan fingerprint density at radius 1 is 1.71 bits per heavy atom. The Morgan fingerprint density at radius 3 is 3.14 bits per heavy atom. The molecule has 78 valence electrons. The van der Waals surface area contributed by atoms with Gasteiger partial charge in [-0.25, -0.2) is 4.98 Å². The number of aliphatic hydroxyl groups is 1. The summed E-state index contributed by atoms with van der Waals surface area (Å²) in [6.07, 6.45) is -0.393. The monoisotopic (exact) mass is 214 g/mol. The lowest BCUT2D eigenvalue weighted by Crippen LogP contribution is -2.40. The second-order valence-corrected chi connectivity index (χ2v) is 4.23. The second kappa shape index (κ2) is 4.35. The normalized spacial score (nSPS) is 29.3. The first-order valence-corrected chi connectivity index (χ1v) is 5.61. The summed E-state index contributed by atoms with van der Waals surface area (Å²) in [5.74, 6) is 0. The zero-order valence-corrected chi connectivity index (χ0v) is 8.83. The van der Waals surface area contributed by atoms with Gasteiger partial charge in [0.1, 0.15) is 0 Å². The Morgan fingerprint density at radius 2 is 2.57 bits per heavy atom. The van der Waals surface area contributed by atoms with E-state index in [-0.39, 0.29) is 12.1 Å². The summed E-state index contributed by atoms with van der Waals surface area (Å²) in [7, 11) is 0. The fraction of sp³-hybridized carbons (Fsp3) is 0.667. The topological polar surface area (TPSA) is 54.4 Å². The molecule has 0 saturated carbocycles. The number of rotatable bonds is 3. The first-order valence-electron chi connectivity index (χ1n) is 4.67. The lowest BCUT2D eigenvalue weighted by atomic mass is 10.1. The molecule has 1 unspecified atom stereocenters. The molecule has 1 aromatic heterocycles. The van der Waals surface area contributed by atoms with Crippen molar-refractivity contribution in [2.24, 2.45) is 0 Å². The SMILES string of the molecule is CC(N[C@@H]1COC[C@H]1O)c1cscn1. The van der Waals surface area contributed by atoms with Gasteiger partial charge in [-0.1, -0.05) is 0 Å². The van der Waals surface area contributed by atoms with E-state index in [9.17, 15) is 5.11 Å². The average Bonchev–Trinajstić information content (AvgIpc) is 2.77. The van der Waals surface area contributed by atoms with Crippen molar-refractivity contribution in [2.75, 3.05) is 13.2 Å². The van der Waals surface area contributed by atoms with Gasteiger partial charge in [0.2, 0.25) is 0 Å². The van der Waals surface area contributed by atoms with E-state index in [0.717, 1.165) is 5.69 Å². The minimum Gasteiger partial charge on any atom is -0.389 e. The highest BCUT2D eigenvalue weighted by atomic mass is 32.1. The van der Waals surface area contributed by atoms with Crippen molar-refractivity contribution in [3.63, 3.8) is 0 Å². The third-order valence-electron chi connectivity index (χ3n) is 2.41. The van der Waals surface area contributed by atoms with Gasteiger partial charge in [-0.15, -0.1) is 11.3 Å². The number of hydrogen-bond acceptors (Lipinski definition) is 5. The Kier molecular flexibility index (Phi) is 3.12. The maximum absolute atomic E-state index is 9.53. The summed E-state index contributed by atoms with van der Waals surface area (Å²) in [4.78, 5) is 4.22. The van der Waals surface area contributed by atoms with Crippen LogP contribution in [0.2, 0.25) is 0 Å². The van der Waals surface area contributed by atoms with Crippen molar-refractivity contribution < 1.29 is 9.84 Å². The molecule has 1 aliphatic heterocycles. The van der Waals surface area contributed by atoms with E-state index in [1.807, 2.05) is 17.8 Å². The van der Waals surface area contributed by atoms with Gasteiger partial charge in [-0.2, -0.15) is 0 Å². The molecule has 5 heteroatoms. The highest BCUT2D eigenvalue weighted by Crippen LogP contribution is 2.15. The van der Waals surface area contributed by atoms with Gasteiger partial charge in [-0.3, -0.25) is 0 Å². The first-order chi connectivity index (χ1) is 6.77. The van der Waals surface area contributed by atoms with Gasteiger partial charge in [0, 0.05) is 11.4 Å². The van der Waals surface area contributed by atoms with Crippen LogP contribution in [-0.4, -0.2) is 35.5 Å². The van der Waals surface area contributed by atoms with Crippen molar-refractivity contribution in [1.29, 1.82) is 0 Å². The number of aromatic nitrogens is 1. The van der Waals surface area contributed by atoms with Gasteiger partial charge in [-0.05, 0) is 6.92 Å². The number of aliphatic hydroxyl groups excluding tert-OH is 1. The third-order valence-corrected chi connectivity index (χ3v) is 3.01. The van der Waals surface area contributed by atoms with Crippen molar-refractivity contribution >= 4 is 11.3 Å². The van der Waals surface area contributed by atoms with Gasteiger partial charge in [0.25, 0.3) is 0 Å². The summed E-state index contributed by atoms with van der Waals surface area (Å²) in [6.45, 7) is 3.05. The zero-order valence-electron chi connectivity index (χ0n) is 8.01. The summed E-state index contributed by atoms with van der Waals surface area (Å²) in [5, 5.41) is 14.8. The van der Waals surface area contributed by atoms with Crippen LogP contribution in [0.4, 0.5) is 0 Å². The molecule has 14 heavy (non-hydrogen) atoms. The first kappa shape index (κ1) is 10.0. The Bertz CT molecular complexity index is 278. The van der Waals surface area contributed by atoms with Crippen LogP contribution >= 0.6 is 11.3 Å². The Balaban J connectivity index is 1.91. The smallest absolute Gasteiger partial charge is 0.0948 e. The molecule has 0 aromatic carbocycles. The van der Waals surface area contributed by atoms with Crippen molar-refractivity contribution in [3.05, 3.63) is 16.6 Å². The lowest BCUT2D eigenvalue weighted by molar-refractivity contribution is 0.121. The highest BCUT2D eigenvalue weighted by molar-refractivity contribution is 7.07. The molecule has 2 N–H and O–H groups in total. The number of ether oxygens (including phenoxy) is 1. The van der Waals surface area contributed by atoms with Gasteiger partial charge in [0.05, 0.1) is 36.6 Å². The van der Waals surface area contributed by atoms with E-state index in [0.29, 0.717) is 13.2 Å². The van der Waals surface area contributed by atoms with Gasteiger partial charge < -0.3 is 15.2 Å². The van der Waals surface area contributed by atoms with Crippen LogP contribution in [0.3, 0.4) is 0 Å². The number of thiazole rings is 1. The predicted octanol–water partition coefficient (Wildman–Crippen LogP) is 0.553. The number of nitrogens with one attached hydrogen (secondary N) is 1. The maximum Gasteiger partial charge on any atom is 0.0948 e. The van der Waals surface area contributed by atoms with Crippen molar-refractivity contribution in [1.82, 2.24) is 10.3 Å². The largest absolute Gasteiger partial charge is 0.389 e. The summed E-state index contributed by atoms with van der Waals surface area (Å²) < 4.78 is 5.16. The number of hydrogen-bond donors (Lipinski definition) is 2. The molecular formula is C9H14N2O2S. The quantitative estimate of drug-likeness (QED) is 0.771. The van der Waals surface area contributed by atoms with Gasteiger partial charge >= 0.3 is 0 Å². The maximum atomic E-state index is 9.53. The standard InChI is InChI=1S/C9H14N2O2S/c1-6(8-4-14-5-10-8)11-7-2-13-3-9(7)12/h4-7,9,11-12H,2-3H2,1H3/t6?,7-,9-/m1/s1. The molecule has 4 nitrogen and oxygen atoms in total. The molecule has 3 atom stereocenters. The van der Waals surface area contributed by atoms with Crippen LogP contribution in [0.25, 0.3) is 0 Å². The van der Waals surface area contributed by atoms with Crippen LogP contribution in [-0.2, 0) is 4.74 Å². The van der Waals surface area contributed by atoms with Crippen molar-refractivity contribution in [3.8, 4) is 0 Å². The van der Waals surface area contributed by atoms with E-state index in [1.165, 1.54) is 0 Å². The zero-order chi connectivity index (χ0) is 9.97. The minimum atomic E-state index is -0.393. The molecule has 1 fully saturated rings. The Labute approximate surface area is 86.9 Å². The van der Waals surface area contributed by atoms with E-state index >= 15 is 0 Å². The fourth-order valence-electron chi connectivity index (χ4n) is 1.54. The molecule has 2 rings (SSSR count). The van der Waals surface area contributed by atoms with E-state index < -0.39 is 6.10 Å². The van der Waals surface area contributed by atoms with Crippen LogP contribution in [0.1, 0.15) is 18.7 Å². The molecule has 0 aliphatic carbocycles. The summed E-state index contributed by atoms with van der Waals surface area (Å²) in [5.41, 5.74) is 2.84. The van der Waals surface area contributed by atoms with Crippen molar-refractivity contribution in [2.45, 2.75) is 25.1 Å². The Hall–Kier alpha value is -0.490. The molecule has 0 bridgehead atoms. The lowest BCUT2D eigenvalue weighted by Gasteiger charge is -2.19. The van der Waals surface area contributed by atoms with Crippen LogP contribution in [0.5, 0.6) is 0 Å². The molecule has 0 spiro atoms. The van der Waals surface area contributed by atoms with Crippen LogP contribution < -0.4 is 5.32 Å². The molecule has 1 aromatic rings. The highest BCUT2D eigenvalue weighted by Gasteiger charge is 2.27. The summed E-state index contributed by atoms with van der Waals surface area (Å²) in [6, 6.07) is 0.203. The summed E-state index contributed by atoms with van der Waals surface area (Å²) >= 11 is 1.58. The molecule has 1 saturated heterocycles. The molecular weight excluding hydrogens is 200 g/mol. The molecule has 0 amide bonds. The number of nitrogens with zero attached hydrogens (tertiary/aromatic N) is 1.